The van der Waals surface area contributed by atoms with E-state index in [0.717, 1.165) is 6.54 Å². The zero-order valence-electron chi connectivity index (χ0n) is 9.84. The summed E-state index contributed by atoms with van der Waals surface area (Å²) in [6, 6.07) is 8.74. The number of rotatable bonds is 4. The van der Waals surface area contributed by atoms with Gasteiger partial charge in [0.2, 0.25) is 0 Å². The van der Waals surface area contributed by atoms with Crippen molar-refractivity contribution in [2.45, 2.75) is 39.7 Å². The van der Waals surface area contributed by atoms with Crippen molar-refractivity contribution in [2.75, 3.05) is 6.54 Å². The Balaban J connectivity index is 1.78. The molecule has 0 atom stereocenters. The smallest absolute Gasteiger partial charge is 0.0205 e. The fraction of sp³-hybridized carbons (Fsp3) is 0.571. The van der Waals surface area contributed by atoms with Gasteiger partial charge in [0.15, 0.2) is 0 Å². The van der Waals surface area contributed by atoms with Crippen molar-refractivity contribution in [2.24, 2.45) is 5.41 Å². The van der Waals surface area contributed by atoms with Crippen LogP contribution in [-0.2, 0) is 6.54 Å². The van der Waals surface area contributed by atoms with Crippen molar-refractivity contribution in [3.63, 3.8) is 0 Å². The van der Waals surface area contributed by atoms with Crippen LogP contribution in [0.2, 0.25) is 0 Å². The molecule has 1 nitrogen and oxygen atoms in total. The van der Waals surface area contributed by atoms with Gasteiger partial charge in [-0.25, -0.2) is 0 Å². The maximum atomic E-state index is 3.57. The molecule has 82 valence electrons. The van der Waals surface area contributed by atoms with Crippen LogP contribution in [0.25, 0.3) is 0 Å². The van der Waals surface area contributed by atoms with Crippen LogP contribution in [0.5, 0.6) is 0 Å². The molecule has 1 heteroatoms. The zero-order valence-corrected chi connectivity index (χ0v) is 9.84. The second-order valence-corrected chi connectivity index (χ2v) is 5.26. The third-order valence-electron chi connectivity index (χ3n) is 3.52. The van der Waals surface area contributed by atoms with Crippen LogP contribution in [0.15, 0.2) is 24.3 Å². The lowest BCUT2D eigenvalue weighted by atomic mass is 9.70. The van der Waals surface area contributed by atoms with E-state index in [-0.39, 0.29) is 0 Å². The monoisotopic (exact) mass is 203 g/mol. The van der Waals surface area contributed by atoms with Gasteiger partial charge in [0.1, 0.15) is 0 Å². The Labute approximate surface area is 92.9 Å². The SMILES string of the molecule is Cc1cccc(CNCC2(C)CCC2)c1. The van der Waals surface area contributed by atoms with E-state index in [2.05, 4.69) is 43.4 Å². The third-order valence-corrected chi connectivity index (χ3v) is 3.52. The Bertz CT molecular complexity index is 326. The van der Waals surface area contributed by atoms with Gasteiger partial charge in [-0.2, -0.15) is 0 Å². The van der Waals surface area contributed by atoms with Crippen molar-refractivity contribution >= 4 is 0 Å². The van der Waals surface area contributed by atoms with Crippen LogP contribution in [-0.4, -0.2) is 6.54 Å². The number of nitrogens with one attached hydrogen (secondary N) is 1. The number of hydrogen-bond acceptors (Lipinski definition) is 1. The van der Waals surface area contributed by atoms with Crippen molar-refractivity contribution in [3.8, 4) is 0 Å². The first-order valence-electron chi connectivity index (χ1n) is 5.94. The molecule has 1 aromatic carbocycles. The highest BCUT2D eigenvalue weighted by molar-refractivity contribution is 5.21. The number of aryl methyl sites for hydroxylation is 1. The second-order valence-electron chi connectivity index (χ2n) is 5.26. The molecule has 0 saturated heterocycles. The van der Waals surface area contributed by atoms with Crippen LogP contribution in [0.3, 0.4) is 0 Å². The zero-order chi connectivity index (χ0) is 10.7. The fourth-order valence-corrected chi connectivity index (χ4v) is 2.29. The van der Waals surface area contributed by atoms with E-state index in [9.17, 15) is 0 Å². The summed E-state index contributed by atoms with van der Waals surface area (Å²) in [6.45, 7) is 6.72. The average molecular weight is 203 g/mol. The molecule has 1 aliphatic rings. The summed E-state index contributed by atoms with van der Waals surface area (Å²) in [7, 11) is 0. The molecule has 0 amide bonds. The molecular weight excluding hydrogens is 182 g/mol. The molecule has 1 N–H and O–H groups in total. The maximum Gasteiger partial charge on any atom is 0.0205 e. The van der Waals surface area contributed by atoms with Gasteiger partial charge in [-0.1, -0.05) is 43.2 Å². The van der Waals surface area contributed by atoms with Gasteiger partial charge < -0.3 is 5.32 Å². The van der Waals surface area contributed by atoms with E-state index in [4.69, 9.17) is 0 Å². The molecule has 1 aromatic rings. The van der Waals surface area contributed by atoms with Crippen molar-refractivity contribution < 1.29 is 0 Å². The van der Waals surface area contributed by atoms with Crippen LogP contribution in [0, 0.1) is 12.3 Å². The first-order valence-corrected chi connectivity index (χ1v) is 5.94. The standard InChI is InChI=1S/C14H21N/c1-12-5-3-6-13(9-12)10-15-11-14(2)7-4-8-14/h3,5-6,9,15H,4,7-8,10-11H2,1-2H3. The summed E-state index contributed by atoms with van der Waals surface area (Å²) in [6.07, 6.45) is 4.21. The number of benzene rings is 1. The number of hydrogen-bond donors (Lipinski definition) is 1. The Morgan fingerprint density at radius 1 is 1.33 bits per heavy atom. The van der Waals surface area contributed by atoms with E-state index >= 15 is 0 Å². The highest BCUT2D eigenvalue weighted by Gasteiger charge is 2.30. The Morgan fingerprint density at radius 2 is 2.13 bits per heavy atom. The van der Waals surface area contributed by atoms with Gasteiger partial charge in [0, 0.05) is 13.1 Å². The topological polar surface area (TPSA) is 12.0 Å². The quantitative estimate of drug-likeness (QED) is 0.792. The molecule has 0 bridgehead atoms. The molecule has 0 unspecified atom stereocenters. The average Bonchev–Trinajstić information content (AvgIpc) is 2.15. The molecule has 1 fully saturated rings. The summed E-state index contributed by atoms with van der Waals surface area (Å²) in [5.41, 5.74) is 3.34. The van der Waals surface area contributed by atoms with Crippen LogP contribution >= 0.6 is 0 Å². The summed E-state index contributed by atoms with van der Waals surface area (Å²) >= 11 is 0. The molecule has 0 aliphatic heterocycles. The highest BCUT2D eigenvalue weighted by atomic mass is 14.9. The molecule has 1 aliphatic carbocycles. The molecule has 0 radical (unpaired) electrons. The van der Waals surface area contributed by atoms with Gasteiger partial charge in [0.25, 0.3) is 0 Å². The van der Waals surface area contributed by atoms with Crippen LogP contribution in [0.4, 0.5) is 0 Å². The normalized spacial score (nSPS) is 18.5. The Morgan fingerprint density at radius 3 is 2.73 bits per heavy atom. The predicted octanol–water partition coefficient (Wildman–Crippen LogP) is 3.27. The van der Waals surface area contributed by atoms with Crippen LogP contribution in [0.1, 0.15) is 37.3 Å². The summed E-state index contributed by atoms with van der Waals surface area (Å²) in [5.74, 6) is 0. The van der Waals surface area contributed by atoms with Gasteiger partial charge >= 0.3 is 0 Å². The minimum absolute atomic E-state index is 0.587. The van der Waals surface area contributed by atoms with E-state index in [1.807, 2.05) is 0 Å². The van der Waals surface area contributed by atoms with Gasteiger partial charge in [-0.15, -0.1) is 0 Å². The second kappa shape index (κ2) is 4.36. The molecule has 1 saturated carbocycles. The van der Waals surface area contributed by atoms with Crippen LogP contribution < -0.4 is 5.32 Å². The van der Waals surface area contributed by atoms with Crippen molar-refractivity contribution in [3.05, 3.63) is 35.4 Å². The summed E-state index contributed by atoms with van der Waals surface area (Å²) in [5, 5.41) is 3.57. The van der Waals surface area contributed by atoms with E-state index in [1.165, 1.54) is 36.9 Å². The van der Waals surface area contributed by atoms with Gasteiger partial charge in [0.05, 0.1) is 0 Å². The Kier molecular flexibility index (Phi) is 3.11. The molecule has 0 spiro atoms. The fourth-order valence-electron chi connectivity index (χ4n) is 2.29. The van der Waals surface area contributed by atoms with Gasteiger partial charge in [-0.3, -0.25) is 0 Å². The highest BCUT2D eigenvalue weighted by Crippen LogP contribution is 2.39. The lowest BCUT2D eigenvalue weighted by molar-refractivity contribution is 0.156. The van der Waals surface area contributed by atoms with Crippen molar-refractivity contribution in [1.82, 2.24) is 5.32 Å². The largest absolute Gasteiger partial charge is 0.312 e. The lowest BCUT2D eigenvalue weighted by Gasteiger charge is -2.38. The molecule has 15 heavy (non-hydrogen) atoms. The summed E-state index contributed by atoms with van der Waals surface area (Å²) in [4.78, 5) is 0. The minimum atomic E-state index is 0.587. The van der Waals surface area contributed by atoms with Gasteiger partial charge in [-0.05, 0) is 30.7 Å². The van der Waals surface area contributed by atoms with Crippen molar-refractivity contribution in [1.29, 1.82) is 0 Å². The first-order chi connectivity index (χ1) is 7.18. The Hall–Kier alpha value is -0.820. The summed E-state index contributed by atoms with van der Waals surface area (Å²) < 4.78 is 0. The molecule has 0 heterocycles. The van der Waals surface area contributed by atoms with E-state index in [1.54, 1.807) is 0 Å². The van der Waals surface area contributed by atoms with E-state index in [0.29, 0.717) is 5.41 Å². The lowest BCUT2D eigenvalue weighted by Crippen LogP contribution is -2.36. The molecule has 2 rings (SSSR count). The maximum absolute atomic E-state index is 3.57. The minimum Gasteiger partial charge on any atom is -0.312 e. The van der Waals surface area contributed by atoms with E-state index < -0.39 is 0 Å². The molecular formula is C14H21N. The third kappa shape index (κ3) is 2.82. The first kappa shape index (κ1) is 10.7. The predicted molar refractivity (Wildman–Crippen MR) is 64.8 cm³/mol. The molecule has 0 aromatic heterocycles.